The second kappa shape index (κ2) is 5.01. The lowest BCUT2D eigenvalue weighted by Crippen LogP contribution is -2.15. The van der Waals surface area contributed by atoms with Crippen molar-refractivity contribution in [1.82, 2.24) is 0 Å². The molecule has 0 saturated heterocycles. The summed E-state index contributed by atoms with van der Waals surface area (Å²) in [4.78, 5) is 0. The van der Waals surface area contributed by atoms with E-state index in [4.69, 9.17) is 0 Å². The van der Waals surface area contributed by atoms with Crippen LogP contribution in [0.15, 0.2) is 18.2 Å². The van der Waals surface area contributed by atoms with Crippen LogP contribution in [-0.4, -0.2) is 10.2 Å². The third kappa shape index (κ3) is 3.04. The van der Waals surface area contributed by atoms with Gasteiger partial charge >= 0.3 is 0 Å². The standard InChI is InChI=1S/C10H14O2.C2H6/c1-7-5-4-6-8(9(7)11)10(2,3)12;1-2/h4-6,11-12H,1-3H3;1-2H3. The Balaban J connectivity index is 0.000000791. The second-order valence-electron chi connectivity index (χ2n) is 3.53. The first-order chi connectivity index (χ1) is 6.43. The highest BCUT2D eigenvalue weighted by Gasteiger charge is 2.20. The van der Waals surface area contributed by atoms with Crippen molar-refractivity contribution in [3.05, 3.63) is 29.3 Å². The highest BCUT2D eigenvalue weighted by atomic mass is 16.3. The number of hydrogen-bond acceptors (Lipinski definition) is 2. The topological polar surface area (TPSA) is 40.5 Å². The van der Waals surface area contributed by atoms with Gasteiger partial charge in [0.15, 0.2) is 0 Å². The molecule has 80 valence electrons. The van der Waals surface area contributed by atoms with Gasteiger partial charge in [-0.05, 0) is 26.3 Å². The normalized spacial score (nSPS) is 10.4. The highest BCUT2D eigenvalue weighted by Crippen LogP contribution is 2.30. The first-order valence-corrected chi connectivity index (χ1v) is 4.94. The molecular weight excluding hydrogens is 176 g/mol. The molecule has 0 radical (unpaired) electrons. The fourth-order valence-corrected chi connectivity index (χ4v) is 1.15. The summed E-state index contributed by atoms with van der Waals surface area (Å²) in [5, 5.41) is 19.2. The second-order valence-corrected chi connectivity index (χ2v) is 3.53. The van der Waals surface area contributed by atoms with Gasteiger partial charge in [-0.15, -0.1) is 0 Å². The Hall–Kier alpha value is -1.02. The van der Waals surface area contributed by atoms with Gasteiger partial charge in [0.1, 0.15) is 5.75 Å². The van der Waals surface area contributed by atoms with Gasteiger partial charge in [-0.3, -0.25) is 0 Å². The van der Waals surface area contributed by atoms with E-state index >= 15 is 0 Å². The van der Waals surface area contributed by atoms with E-state index in [9.17, 15) is 10.2 Å². The number of phenols is 1. The molecule has 0 heterocycles. The van der Waals surface area contributed by atoms with Crippen LogP contribution in [-0.2, 0) is 5.60 Å². The Labute approximate surface area is 86.2 Å². The van der Waals surface area contributed by atoms with E-state index in [-0.39, 0.29) is 5.75 Å². The van der Waals surface area contributed by atoms with E-state index in [1.165, 1.54) is 0 Å². The third-order valence-corrected chi connectivity index (χ3v) is 1.90. The van der Waals surface area contributed by atoms with Crippen LogP contribution in [0.2, 0.25) is 0 Å². The molecule has 0 fully saturated rings. The molecular formula is C12H20O2. The first-order valence-electron chi connectivity index (χ1n) is 4.94. The van der Waals surface area contributed by atoms with Gasteiger partial charge in [-0.1, -0.05) is 32.0 Å². The molecule has 0 aromatic heterocycles. The minimum absolute atomic E-state index is 0.185. The van der Waals surface area contributed by atoms with Crippen molar-refractivity contribution in [1.29, 1.82) is 0 Å². The van der Waals surface area contributed by atoms with Crippen molar-refractivity contribution in [2.75, 3.05) is 0 Å². The number of benzene rings is 1. The van der Waals surface area contributed by atoms with Gasteiger partial charge in [0.25, 0.3) is 0 Å². The van der Waals surface area contributed by atoms with Crippen LogP contribution < -0.4 is 0 Å². The zero-order chi connectivity index (χ0) is 11.4. The smallest absolute Gasteiger partial charge is 0.124 e. The molecule has 0 aliphatic heterocycles. The maximum atomic E-state index is 9.63. The highest BCUT2D eigenvalue weighted by molar-refractivity contribution is 5.42. The minimum Gasteiger partial charge on any atom is -0.507 e. The summed E-state index contributed by atoms with van der Waals surface area (Å²) in [6.07, 6.45) is 0. The molecule has 0 unspecified atom stereocenters. The number of rotatable bonds is 1. The molecule has 2 heteroatoms. The maximum absolute atomic E-state index is 9.63. The van der Waals surface area contributed by atoms with Crippen LogP contribution in [0.5, 0.6) is 5.75 Å². The number of hydrogen-bond donors (Lipinski definition) is 2. The molecule has 0 bridgehead atoms. The van der Waals surface area contributed by atoms with Crippen LogP contribution in [0, 0.1) is 6.92 Å². The minimum atomic E-state index is -0.976. The van der Waals surface area contributed by atoms with Crippen LogP contribution in [0.3, 0.4) is 0 Å². The molecule has 0 saturated carbocycles. The monoisotopic (exact) mass is 196 g/mol. The Morgan fingerprint density at radius 1 is 1.14 bits per heavy atom. The van der Waals surface area contributed by atoms with Gasteiger partial charge in [0, 0.05) is 5.56 Å². The van der Waals surface area contributed by atoms with Crippen molar-refractivity contribution in [2.24, 2.45) is 0 Å². The molecule has 0 aliphatic carbocycles. The molecule has 0 atom stereocenters. The number of phenolic OH excluding ortho intramolecular Hbond substituents is 1. The zero-order valence-electron chi connectivity index (χ0n) is 9.63. The Bertz CT molecular complexity index is 285. The van der Waals surface area contributed by atoms with Gasteiger partial charge < -0.3 is 10.2 Å². The zero-order valence-corrected chi connectivity index (χ0v) is 9.63. The molecule has 2 nitrogen and oxygen atoms in total. The van der Waals surface area contributed by atoms with Gasteiger partial charge in [-0.25, -0.2) is 0 Å². The molecule has 2 N–H and O–H groups in total. The molecule has 0 aliphatic rings. The van der Waals surface area contributed by atoms with E-state index in [2.05, 4.69) is 0 Å². The van der Waals surface area contributed by atoms with E-state index in [1.54, 1.807) is 19.9 Å². The van der Waals surface area contributed by atoms with E-state index < -0.39 is 5.60 Å². The van der Waals surface area contributed by atoms with Crippen molar-refractivity contribution in [3.63, 3.8) is 0 Å². The Morgan fingerprint density at radius 3 is 2.00 bits per heavy atom. The van der Waals surface area contributed by atoms with E-state index in [1.807, 2.05) is 32.9 Å². The average molecular weight is 196 g/mol. The molecule has 0 amide bonds. The van der Waals surface area contributed by atoms with Crippen molar-refractivity contribution >= 4 is 0 Å². The number of aliphatic hydroxyl groups is 1. The summed E-state index contributed by atoms with van der Waals surface area (Å²) in [6, 6.07) is 5.36. The largest absolute Gasteiger partial charge is 0.507 e. The Morgan fingerprint density at radius 2 is 1.64 bits per heavy atom. The predicted octanol–water partition coefficient (Wildman–Crippen LogP) is 2.95. The van der Waals surface area contributed by atoms with E-state index in [0.717, 1.165) is 5.56 Å². The molecule has 14 heavy (non-hydrogen) atoms. The average Bonchev–Trinajstić information content (AvgIpc) is 2.11. The lowest BCUT2D eigenvalue weighted by molar-refractivity contribution is 0.0757. The quantitative estimate of drug-likeness (QED) is 0.725. The van der Waals surface area contributed by atoms with Crippen LogP contribution in [0.25, 0.3) is 0 Å². The van der Waals surface area contributed by atoms with Crippen molar-refractivity contribution < 1.29 is 10.2 Å². The molecule has 1 aromatic rings. The fraction of sp³-hybridized carbons (Fsp3) is 0.500. The Kier molecular flexibility index (Phi) is 4.64. The van der Waals surface area contributed by atoms with Crippen molar-refractivity contribution in [2.45, 2.75) is 40.2 Å². The van der Waals surface area contributed by atoms with Gasteiger partial charge in [-0.2, -0.15) is 0 Å². The molecule has 1 rings (SSSR count). The summed E-state index contributed by atoms with van der Waals surface area (Å²) >= 11 is 0. The number of aromatic hydroxyl groups is 1. The number of para-hydroxylation sites is 1. The summed E-state index contributed by atoms with van der Waals surface area (Å²) in [6.45, 7) is 9.12. The van der Waals surface area contributed by atoms with Crippen LogP contribution >= 0.6 is 0 Å². The van der Waals surface area contributed by atoms with Crippen molar-refractivity contribution in [3.8, 4) is 5.75 Å². The molecule has 0 spiro atoms. The maximum Gasteiger partial charge on any atom is 0.124 e. The van der Waals surface area contributed by atoms with E-state index in [0.29, 0.717) is 5.56 Å². The summed E-state index contributed by atoms with van der Waals surface area (Å²) < 4.78 is 0. The SMILES string of the molecule is CC.Cc1cccc(C(C)(C)O)c1O. The summed E-state index contributed by atoms with van der Waals surface area (Å²) in [5.41, 5.74) is 0.382. The van der Waals surface area contributed by atoms with Crippen LogP contribution in [0.1, 0.15) is 38.8 Å². The summed E-state index contributed by atoms with van der Waals surface area (Å²) in [7, 11) is 0. The number of aryl methyl sites for hydroxylation is 1. The summed E-state index contributed by atoms with van der Waals surface area (Å²) in [5.74, 6) is 0.185. The predicted molar refractivity (Wildman–Crippen MR) is 59.4 cm³/mol. The third-order valence-electron chi connectivity index (χ3n) is 1.90. The first kappa shape index (κ1) is 13.0. The lowest BCUT2D eigenvalue weighted by atomic mass is 9.95. The van der Waals surface area contributed by atoms with Gasteiger partial charge in [0.2, 0.25) is 0 Å². The van der Waals surface area contributed by atoms with Gasteiger partial charge in [0.05, 0.1) is 5.60 Å². The molecule has 1 aromatic carbocycles. The lowest BCUT2D eigenvalue weighted by Gasteiger charge is -2.19. The van der Waals surface area contributed by atoms with Crippen LogP contribution in [0.4, 0.5) is 0 Å². The fourth-order valence-electron chi connectivity index (χ4n) is 1.15.